The first-order valence-corrected chi connectivity index (χ1v) is 17.2. The summed E-state index contributed by atoms with van der Waals surface area (Å²) in [5, 5.41) is 15.2. The van der Waals surface area contributed by atoms with Crippen molar-refractivity contribution >= 4 is 17.9 Å². The van der Waals surface area contributed by atoms with Crippen LogP contribution in [-0.4, -0.2) is 95.0 Å². The molecule has 0 bridgehead atoms. The van der Waals surface area contributed by atoms with E-state index in [9.17, 15) is 24.0 Å². The van der Waals surface area contributed by atoms with Crippen molar-refractivity contribution in [3.05, 3.63) is 100 Å². The van der Waals surface area contributed by atoms with Crippen molar-refractivity contribution in [2.75, 3.05) is 45.8 Å². The number of ether oxygens (including phenoxy) is 1. The summed E-state index contributed by atoms with van der Waals surface area (Å²) in [7, 11) is 0. The third-order valence-corrected chi connectivity index (χ3v) is 8.71. The number of hydrogen-bond donors (Lipinski definition) is 2. The maximum atomic E-state index is 14.4. The molecule has 12 heteroatoms. The number of piperidine rings is 1. The van der Waals surface area contributed by atoms with E-state index in [-0.39, 0.29) is 41.5 Å². The number of pyridine rings is 1. The first kappa shape index (κ1) is 37.0. The minimum absolute atomic E-state index is 0.0417. The number of carbonyl (C=O) groups excluding carboxylic acids is 3. The molecule has 0 saturated carbocycles. The van der Waals surface area contributed by atoms with Crippen molar-refractivity contribution in [1.29, 1.82) is 5.26 Å². The topological polar surface area (TPSA) is 131 Å². The van der Waals surface area contributed by atoms with Gasteiger partial charge in [-0.05, 0) is 88.2 Å². The zero-order valence-electron chi connectivity index (χ0n) is 29.4. The Hall–Kier alpha value is -5.30. The molecule has 3 amide bonds. The third kappa shape index (κ3) is 10.6. The number of carbonyl (C=O) groups is 3. The molecule has 0 spiro atoms. The number of hydrogen-bond acceptors (Lipinski definition) is 8. The minimum Gasteiger partial charge on any atom is -0.444 e. The van der Waals surface area contributed by atoms with Crippen LogP contribution in [0.3, 0.4) is 0 Å². The lowest BCUT2D eigenvalue weighted by Gasteiger charge is -2.35. The second kappa shape index (κ2) is 17.1. The number of nitriles is 1. The van der Waals surface area contributed by atoms with Gasteiger partial charge in [0.05, 0.1) is 29.3 Å². The maximum absolute atomic E-state index is 14.4. The lowest BCUT2D eigenvalue weighted by molar-refractivity contribution is 0.0533. The Bertz CT molecular complexity index is 1790. The van der Waals surface area contributed by atoms with Gasteiger partial charge in [0.2, 0.25) is 0 Å². The molecule has 0 atom stereocenters. The average Bonchev–Trinajstić information content (AvgIpc) is 3.13. The number of halogens is 1. The second-order valence-electron chi connectivity index (χ2n) is 13.7. The van der Waals surface area contributed by atoms with Crippen LogP contribution in [0.25, 0.3) is 0 Å². The van der Waals surface area contributed by atoms with Crippen LogP contribution in [-0.2, 0) is 17.8 Å². The Balaban J connectivity index is 1.37. The van der Waals surface area contributed by atoms with Gasteiger partial charge >= 0.3 is 6.09 Å². The fraction of sp³-hybridized carbons (Fsp3) is 0.410. The van der Waals surface area contributed by atoms with E-state index in [1.54, 1.807) is 60.9 Å². The highest BCUT2D eigenvalue weighted by atomic mass is 19.1. The summed E-state index contributed by atoms with van der Waals surface area (Å²) < 4.78 is 18.7. The van der Waals surface area contributed by atoms with Crippen molar-refractivity contribution in [3.8, 4) is 17.9 Å². The first-order valence-electron chi connectivity index (χ1n) is 17.2. The van der Waals surface area contributed by atoms with Crippen LogP contribution in [0, 0.1) is 29.0 Å². The molecule has 1 aromatic heterocycles. The van der Waals surface area contributed by atoms with Crippen LogP contribution in [0.4, 0.5) is 9.18 Å². The standard InChI is InChI=1S/C39H44FN7O4/c1-39(2,3)51-38(50)43-16-4-5-31-23-32(36(48)46-21-19-45(20-22-46)26-29-10-12-33(40)13-11-29)25-44-35(31)37(49)47(34-14-17-42-18-15-34)27-30-8-6-28(24-41)7-9-30/h6-13,23,25,34,42H,14-22,26-27H2,1-3H3,(H,43,50). The summed E-state index contributed by atoms with van der Waals surface area (Å²) >= 11 is 0. The van der Waals surface area contributed by atoms with Gasteiger partial charge in [-0.3, -0.25) is 14.5 Å². The zero-order chi connectivity index (χ0) is 36.4. The van der Waals surface area contributed by atoms with E-state index in [4.69, 9.17) is 4.74 Å². The first-order chi connectivity index (χ1) is 24.5. The number of nitrogens with one attached hydrogen (secondary N) is 2. The van der Waals surface area contributed by atoms with Gasteiger partial charge in [0.25, 0.3) is 11.8 Å². The quantitative estimate of drug-likeness (QED) is 0.334. The lowest BCUT2D eigenvalue weighted by Crippen LogP contribution is -2.48. The molecule has 11 nitrogen and oxygen atoms in total. The summed E-state index contributed by atoms with van der Waals surface area (Å²) in [4.78, 5) is 50.7. The predicted octanol–water partition coefficient (Wildman–Crippen LogP) is 4.32. The highest BCUT2D eigenvalue weighted by Gasteiger charge is 2.30. The van der Waals surface area contributed by atoms with E-state index in [2.05, 4.69) is 38.4 Å². The molecule has 2 aliphatic heterocycles. The van der Waals surface area contributed by atoms with E-state index in [0.29, 0.717) is 50.4 Å². The molecule has 3 heterocycles. The average molecular weight is 694 g/mol. The second-order valence-corrected chi connectivity index (χ2v) is 13.7. The normalized spacial score (nSPS) is 15.2. The van der Waals surface area contributed by atoms with Gasteiger partial charge in [-0.1, -0.05) is 36.1 Å². The van der Waals surface area contributed by atoms with Crippen molar-refractivity contribution < 1.29 is 23.5 Å². The number of nitrogens with zero attached hydrogens (tertiary/aromatic N) is 5. The zero-order valence-corrected chi connectivity index (χ0v) is 29.4. The van der Waals surface area contributed by atoms with E-state index in [1.165, 1.54) is 18.3 Å². The Labute approximate surface area is 298 Å². The molecule has 0 radical (unpaired) electrons. The molecule has 2 N–H and O–H groups in total. The van der Waals surface area contributed by atoms with Gasteiger partial charge in [0, 0.05) is 51.5 Å². The SMILES string of the molecule is CC(C)(C)OC(=O)NCC#Cc1cc(C(=O)N2CCN(Cc3ccc(F)cc3)CC2)cnc1C(=O)N(Cc1ccc(C#N)cc1)C1CCNCC1. The number of piperazine rings is 1. The molecule has 2 aliphatic rings. The van der Waals surface area contributed by atoms with Crippen molar-refractivity contribution in [3.63, 3.8) is 0 Å². The minimum atomic E-state index is -0.671. The predicted molar refractivity (Wildman–Crippen MR) is 190 cm³/mol. The van der Waals surface area contributed by atoms with Crippen molar-refractivity contribution in [1.82, 2.24) is 30.3 Å². The summed E-state index contributed by atoms with van der Waals surface area (Å²) in [5.41, 5.74) is 2.45. The van der Waals surface area contributed by atoms with Crippen LogP contribution < -0.4 is 10.6 Å². The van der Waals surface area contributed by atoms with Gasteiger partial charge in [-0.15, -0.1) is 0 Å². The van der Waals surface area contributed by atoms with E-state index >= 15 is 0 Å². The van der Waals surface area contributed by atoms with Gasteiger partial charge in [0.1, 0.15) is 17.1 Å². The van der Waals surface area contributed by atoms with E-state index in [0.717, 1.165) is 37.1 Å². The highest BCUT2D eigenvalue weighted by molar-refractivity contribution is 5.98. The Kier molecular flexibility index (Phi) is 12.4. The fourth-order valence-corrected chi connectivity index (χ4v) is 6.06. The highest BCUT2D eigenvalue weighted by Crippen LogP contribution is 2.22. The number of amides is 3. The molecular formula is C39H44FN7O4. The van der Waals surface area contributed by atoms with Crippen LogP contribution in [0.5, 0.6) is 0 Å². The van der Waals surface area contributed by atoms with E-state index in [1.807, 2.05) is 12.1 Å². The number of alkyl carbamates (subject to hydrolysis) is 1. The summed E-state index contributed by atoms with van der Waals surface area (Å²) in [6, 6.07) is 17.3. The summed E-state index contributed by atoms with van der Waals surface area (Å²) in [5.74, 6) is 5.10. The van der Waals surface area contributed by atoms with Crippen LogP contribution in [0.15, 0.2) is 60.8 Å². The molecule has 0 aliphatic carbocycles. The number of rotatable bonds is 8. The van der Waals surface area contributed by atoms with Gasteiger partial charge in [0.15, 0.2) is 0 Å². The molecule has 5 rings (SSSR count). The Morgan fingerprint density at radius 3 is 2.33 bits per heavy atom. The summed E-state index contributed by atoms with van der Waals surface area (Å²) in [6.45, 7) is 10.1. The molecule has 51 heavy (non-hydrogen) atoms. The van der Waals surface area contributed by atoms with Gasteiger partial charge < -0.3 is 25.2 Å². The number of benzene rings is 2. The Morgan fingerprint density at radius 2 is 1.69 bits per heavy atom. The van der Waals surface area contributed by atoms with Crippen molar-refractivity contribution in [2.45, 2.75) is 58.3 Å². The fourth-order valence-electron chi connectivity index (χ4n) is 6.06. The molecule has 2 saturated heterocycles. The van der Waals surface area contributed by atoms with E-state index < -0.39 is 11.7 Å². The smallest absolute Gasteiger partial charge is 0.408 e. The molecule has 3 aromatic rings. The van der Waals surface area contributed by atoms with Crippen LogP contribution in [0.2, 0.25) is 0 Å². The third-order valence-electron chi connectivity index (χ3n) is 8.71. The van der Waals surface area contributed by atoms with Gasteiger partial charge in [-0.25, -0.2) is 14.2 Å². The summed E-state index contributed by atoms with van der Waals surface area (Å²) in [6.07, 6.45) is 2.33. The van der Waals surface area contributed by atoms with Crippen LogP contribution in [0.1, 0.15) is 76.7 Å². The van der Waals surface area contributed by atoms with Crippen LogP contribution >= 0.6 is 0 Å². The largest absolute Gasteiger partial charge is 0.444 e. The number of aromatic nitrogens is 1. The maximum Gasteiger partial charge on any atom is 0.408 e. The molecular weight excluding hydrogens is 649 g/mol. The molecule has 2 fully saturated rings. The molecule has 0 unspecified atom stereocenters. The molecule has 266 valence electrons. The van der Waals surface area contributed by atoms with Gasteiger partial charge in [-0.2, -0.15) is 5.26 Å². The lowest BCUT2D eigenvalue weighted by atomic mass is 10.0. The monoisotopic (exact) mass is 693 g/mol. The Morgan fingerprint density at radius 1 is 1.02 bits per heavy atom. The van der Waals surface area contributed by atoms with Crippen molar-refractivity contribution in [2.24, 2.45) is 0 Å². The molecule has 2 aromatic carbocycles.